The van der Waals surface area contributed by atoms with Crippen molar-refractivity contribution in [3.05, 3.63) is 63.0 Å². The maximum atomic E-state index is 14.0. The van der Waals surface area contributed by atoms with E-state index in [0.29, 0.717) is 17.1 Å². The number of benzene rings is 2. The minimum Gasteiger partial charge on any atom is -0.386 e. The van der Waals surface area contributed by atoms with Crippen molar-refractivity contribution in [2.75, 3.05) is 6.54 Å². The average molecular weight is 379 g/mol. The Hall–Kier alpha value is -1.76. The number of aliphatic imine (C=N–C) groups is 2. The minimum absolute atomic E-state index is 0.273. The van der Waals surface area contributed by atoms with Crippen LogP contribution in [0.15, 0.2) is 52.4 Å². The van der Waals surface area contributed by atoms with E-state index < -0.39 is 0 Å². The van der Waals surface area contributed by atoms with E-state index in [1.807, 2.05) is 18.2 Å². The summed E-state index contributed by atoms with van der Waals surface area (Å²) in [5.41, 5.74) is 8.42. The molecule has 0 aromatic heterocycles. The number of hydrogen-bond acceptors (Lipinski definition) is 3. The Labute approximate surface area is 129 Å². The average Bonchev–Trinajstić information content (AvgIpc) is 2.58. The Balaban J connectivity index is 2.24. The van der Waals surface area contributed by atoms with Crippen LogP contribution in [0.3, 0.4) is 0 Å². The van der Waals surface area contributed by atoms with Gasteiger partial charge in [0.2, 0.25) is 0 Å². The van der Waals surface area contributed by atoms with Gasteiger partial charge in [-0.2, -0.15) is 0 Å². The van der Waals surface area contributed by atoms with Crippen molar-refractivity contribution in [1.29, 1.82) is 0 Å². The summed E-state index contributed by atoms with van der Waals surface area (Å²) in [6.07, 6.45) is 0. The van der Waals surface area contributed by atoms with E-state index in [9.17, 15) is 4.39 Å². The van der Waals surface area contributed by atoms with E-state index in [0.717, 1.165) is 14.8 Å². The molecule has 0 bridgehead atoms. The molecule has 0 spiro atoms. The summed E-state index contributed by atoms with van der Waals surface area (Å²) >= 11 is 2.21. The van der Waals surface area contributed by atoms with Crippen LogP contribution in [0.25, 0.3) is 0 Å². The first-order valence-corrected chi connectivity index (χ1v) is 7.15. The van der Waals surface area contributed by atoms with Gasteiger partial charge in [0.15, 0.2) is 0 Å². The van der Waals surface area contributed by atoms with Gasteiger partial charge in [-0.25, -0.2) is 9.38 Å². The van der Waals surface area contributed by atoms with Crippen molar-refractivity contribution in [3.8, 4) is 0 Å². The van der Waals surface area contributed by atoms with Crippen LogP contribution < -0.4 is 5.73 Å². The third-order valence-corrected chi connectivity index (χ3v) is 3.68. The topological polar surface area (TPSA) is 50.7 Å². The molecule has 1 heterocycles. The summed E-state index contributed by atoms with van der Waals surface area (Å²) in [7, 11) is 0. The van der Waals surface area contributed by atoms with Crippen LogP contribution in [0.5, 0.6) is 0 Å². The molecule has 3 rings (SSSR count). The first-order valence-electron chi connectivity index (χ1n) is 6.07. The van der Waals surface area contributed by atoms with Crippen molar-refractivity contribution < 1.29 is 4.39 Å². The Morgan fingerprint density at radius 3 is 2.70 bits per heavy atom. The van der Waals surface area contributed by atoms with E-state index in [1.165, 1.54) is 6.07 Å². The highest BCUT2D eigenvalue weighted by molar-refractivity contribution is 14.1. The molecular formula is C15H11FIN3. The summed E-state index contributed by atoms with van der Waals surface area (Å²) in [5.74, 6) is 0.135. The fourth-order valence-electron chi connectivity index (χ4n) is 2.11. The molecule has 2 aromatic rings. The van der Waals surface area contributed by atoms with Crippen LogP contribution in [0.2, 0.25) is 0 Å². The van der Waals surface area contributed by atoms with Gasteiger partial charge >= 0.3 is 0 Å². The van der Waals surface area contributed by atoms with E-state index >= 15 is 0 Å². The molecule has 1 aliphatic heterocycles. The second kappa shape index (κ2) is 5.32. The zero-order chi connectivity index (χ0) is 14.1. The van der Waals surface area contributed by atoms with Crippen LogP contribution in [0.4, 0.5) is 10.1 Å². The van der Waals surface area contributed by atoms with Crippen molar-refractivity contribution in [1.82, 2.24) is 0 Å². The van der Waals surface area contributed by atoms with Crippen molar-refractivity contribution >= 4 is 39.8 Å². The first kappa shape index (κ1) is 13.2. The summed E-state index contributed by atoms with van der Waals surface area (Å²) in [6.45, 7) is 0.273. The van der Waals surface area contributed by atoms with E-state index in [2.05, 4.69) is 32.6 Å². The molecule has 2 N–H and O–H groups in total. The molecule has 3 nitrogen and oxygen atoms in total. The van der Waals surface area contributed by atoms with Gasteiger partial charge in [-0.05, 0) is 52.9 Å². The van der Waals surface area contributed by atoms with Crippen molar-refractivity contribution in [2.24, 2.45) is 15.7 Å². The number of rotatable bonds is 1. The van der Waals surface area contributed by atoms with E-state index in [4.69, 9.17) is 5.73 Å². The molecule has 0 fully saturated rings. The van der Waals surface area contributed by atoms with E-state index in [-0.39, 0.29) is 12.4 Å². The molecule has 2 aromatic carbocycles. The number of nitrogens with two attached hydrogens (primary N) is 1. The molecule has 0 unspecified atom stereocenters. The summed E-state index contributed by atoms with van der Waals surface area (Å²) in [5, 5.41) is 0. The number of fused-ring (bicyclic) bond motifs is 1. The molecule has 0 amide bonds. The third-order valence-electron chi connectivity index (χ3n) is 3.01. The molecule has 0 aliphatic carbocycles. The Morgan fingerprint density at radius 1 is 1.10 bits per heavy atom. The van der Waals surface area contributed by atoms with Gasteiger partial charge in [-0.3, -0.25) is 4.99 Å². The highest BCUT2D eigenvalue weighted by Crippen LogP contribution is 2.27. The zero-order valence-corrected chi connectivity index (χ0v) is 12.6. The lowest BCUT2D eigenvalue weighted by atomic mass is 10.0. The number of hydrogen-bond donors (Lipinski definition) is 1. The van der Waals surface area contributed by atoms with Crippen LogP contribution >= 0.6 is 22.6 Å². The predicted octanol–water partition coefficient (Wildman–Crippen LogP) is 3.27. The monoisotopic (exact) mass is 379 g/mol. The quantitative estimate of drug-likeness (QED) is 0.760. The maximum Gasteiger partial charge on any atom is 0.132 e. The molecule has 0 saturated heterocycles. The lowest BCUT2D eigenvalue weighted by molar-refractivity contribution is 0.625. The van der Waals surface area contributed by atoms with Crippen LogP contribution in [-0.2, 0) is 0 Å². The van der Waals surface area contributed by atoms with Crippen LogP contribution in [0, 0.1) is 9.39 Å². The number of halogens is 2. The molecule has 5 heteroatoms. The predicted molar refractivity (Wildman–Crippen MR) is 87.3 cm³/mol. The Morgan fingerprint density at radius 2 is 1.90 bits per heavy atom. The minimum atomic E-state index is -0.295. The van der Waals surface area contributed by atoms with Crippen LogP contribution in [0.1, 0.15) is 11.1 Å². The fourth-order valence-corrected chi connectivity index (χ4v) is 2.61. The van der Waals surface area contributed by atoms with Gasteiger partial charge < -0.3 is 5.73 Å². The zero-order valence-electron chi connectivity index (χ0n) is 10.5. The first-order chi connectivity index (χ1) is 9.65. The van der Waals surface area contributed by atoms with Crippen LogP contribution in [-0.4, -0.2) is 18.1 Å². The normalized spacial score (nSPS) is 14.1. The summed E-state index contributed by atoms with van der Waals surface area (Å²) in [4.78, 5) is 8.78. The van der Waals surface area contributed by atoms with Crippen molar-refractivity contribution in [3.63, 3.8) is 0 Å². The van der Waals surface area contributed by atoms with Gasteiger partial charge in [-0.15, -0.1) is 0 Å². The largest absolute Gasteiger partial charge is 0.386 e. The smallest absolute Gasteiger partial charge is 0.132 e. The van der Waals surface area contributed by atoms with Gasteiger partial charge in [0.25, 0.3) is 0 Å². The highest BCUT2D eigenvalue weighted by Gasteiger charge is 2.18. The van der Waals surface area contributed by atoms with Gasteiger partial charge in [0.1, 0.15) is 11.7 Å². The lowest BCUT2D eigenvalue weighted by Crippen LogP contribution is -2.15. The molecular weight excluding hydrogens is 368 g/mol. The van der Waals surface area contributed by atoms with Gasteiger partial charge in [0, 0.05) is 14.7 Å². The van der Waals surface area contributed by atoms with Gasteiger partial charge in [-0.1, -0.05) is 12.1 Å². The summed E-state index contributed by atoms with van der Waals surface area (Å²) < 4.78 is 15.1. The molecule has 100 valence electrons. The van der Waals surface area contributed by atoms with Crippen molar-refractivity contribution in [2.45, 2.75) is 0 Å². The number of amidine groups is 1. The molecule has 0 atom stereocenters. The Kier molecular flexibility index (Phi) is 3.52. The lowest BCUT2D eigenvalue weighted by Gasteiger charge is -2.09. The fraction of sp³-hybridized carbons (Fsp3) is 0.0667. The number of nitrogens with zero attached hydrogens (tertiary/aromatic N) is 2. The second-order valence-corrected chi connectivity index (χ2v) is 5.65. The highest BCUT2D eigenvalue weighted by atomic mass is 127. The van der Waals surface area contributed by atoms with E-state index in [1.54, 1.807) is 18.2 Å². The summed E-state index contributed by atoms with van der Waals surface area (Å²) in [6, 6.07) is 12.4. The molecule has 1 aliphatic rings. The molecule has 20 heavy (non-hydrogen) atoms. The Bertz CT molecular complexity index is 738. The molecule has 0 saturated carbocycles. The SMILES string of the molecule is NC1=Nc2ccc(I)cc2C(c2ccccc2F)=NC1. The standard InChI is InChI=1S/C15H11FIN3/c16-12-4-2-1-3-10(12)15-11-7-9(17)5-6-13(11)20-14(18)8-19-15/h1-7H,8H2,(H2,18,20). The maximum absolute atomic E-state index is 14.0. The molecule has 0 radical (unpaired) electrons. The third kappa shape index (κ3) is 2.45. The van der Waals surface area contributed by atoms with Gasteiger partial charge in [0.05, 0.1) is 17.9 Å². The second-order valence-electron chi connectivity index (χ2n) is 4.41.